The zero-order chi connectivity index (χ0) is 18.5. The highest BCUT2D eigenvalue weighted by Crippen LogP contribution is 2.18. The second kappa shape index (κ2) is 8.01. The van der Waals surface area contributed by atoms with Crippen molar-refractivity contribution in [1.29, 1.82) is 0 Å². The number of aromatic nitrogens is 2. The number of hydrogen-bond acceptors (Lipinski definition) is 4. The van der Waals surface area contributed by atoms with Crippen LogP contribution in [-0.2, 0) is 20.2 Å². The van der Waals surface area contributed by atoms with Gasteiger partial charge in [-0.2, -0.15) is 5.10 Å². The number of nitrogens with zero attached hydrogens (tertiary/aromatic N) is 2. The molecule has 26 heavy (non-hydrogen) atoms. The second-order valence-corrected chi connectivity index (χ2v) is 6.10. The first-order valence-electron chi connectivity index (χ1n) is 7.95. The molecule has 134 valence electrons. The molecule has 1 aromatic heterocycles. The molecule has 0 aliphatic carbocycles. The summed E-state index contributed by atoms with van der Waals surface area (Å²) in [4.78, 5) is 11.7. The molecule has 0 aliphatic rings. The number of anilines is 1. The van der Waals surface area contributed by atoms with Gasteiger partial charge in [-0.1, -0.05) is 35.9 Å². The van der Waals surface area contributed by atoms with E-state index < -0.39 is 0 Å². The second-order valence-electron chi connectivity index (χ2n) is 5.72. The maximum absolute atomic E-state index is 13.1. The molecule has 0 spiro atoms. The van der Waals surface area contributed by atoms with E-state index in [1.807, 2.05) is 30.3 Å². The van der Waals surface area contributed by atoms with Gasteiger partial charge in [-0.15, -0.1) is 0 Å². The van der Waals surface area contributed by atoms with Crippen LogP contribution in [-0.4, -0.2) is 9.78 Å². The Morgan fingerprint density at radius 3 is 2.69 bits per heavy atom. The number of hydrogen-bond donors (Lipinski definition) is 1. The van der Waals surface area contributed by atoms with Crippen LogP contribution in [0.2, 0.25) is 5.02 Å². The molecule has 7 heteroatoms. The van der Waals surface area contributed by atoms with Gasteiger partial charge in [-0.3, -0.25) is 4.79 Å². The van der Waals surface area contributed by atoms with Gasteiger partial charge in [0.15, 0.2) is 0 Å². The highest BCUT2D eigenvalue weighted by Gasteiger charge is 2.07. The van der Waals surface area contributed by atoms with Crippen molar-refractivity contribution in [2.24, 2.45) is 7.05 Å². The van der Waals surface area contributed by atoms with Gasteiger partial charge in [-0.05, 0) is 35.4 Å². The molecule has 3 aromatic rings. The van der Waals surface area contributed by atoms with Crippen molar-refractivity contribution in [3.8, 4) is 5.75 Å². The Kier molecular flexibility index (Phi) is 5.53. The van der Waals surface area contributed by atoms with E-state index in [1.54, 1.807) is 13.1 Å². The van der Waals surface area contributed by atoms with Gasteiger partial charge in [0, 0.05) is 13.6 Å². The van der Waals surface area contributed by atoms with Gasteiger partial charge in [0.1, 0.15) is 23.2 Å². The van der Waals surface area contributed by atoms with Crippen LogP contribution in [0.5, 0.6) is 5.75 Å². The van der Waals surface area contributed by atoms with E-state index in [2.05, 4.69) is 10.4 Å². The summed E-state index contributed by atoms with van der Waals surface area (Å²) >= 11 is 6.02. The summed E-state index contributed by atoms with van der Waals surface area (Å²) in [7, 11) is 1.54. The molecule has 0 radical (unpaired) electrons. The molecule has 1 heterocycles. The third-order valence-corrected chi connectivity index (χ3v) is 4.14. The predicted molar refractivity (Wildman–Crippen MR) is 99.0 cm³/mol. The normalized spacial score (nSPS) is 10.6. The molecular weight excluding hydrogens is 357 g/mol. The molecular formula is C19H17ClFN3O2. The minimum atomic E-state index is -0.349. The SMILES string of the molecule is Cn1ncc(NCc2ccc(OCc3cccc(F)c3)cc2)c(Cl)c1=O. The molecule has 0 amide bonds. The zero-order valence-electron chi connectivity index (χ0n) is 14.1. The van der Waals surface area contributed by atoms with Crippen LogP contribution in [0.15, 0.2) is 59.5 Å². The van der Waals surface area contributed by atoms with E-state index in [1.165, 1.54) is 23.0 Å². The number of benzene rings is 2. The lowest BCUT2D eigenvalue weighted by molar-refractivity contribution is 0.305. The minimum Gasteiger partial charge on any atom is -0.489 e. The molecule has 1 N–H and O–H groups in total. The number of halogens is 2. The highest BCUT2D eigenvalue weighted by molar-refractivity contribution is 6.32. The Morgan fingerprint density at radius 2 is 1.96 bits per heavy atom. The fourth-order valence-corrected chi connectivity index (χ4v) is 2.57. The first-order valence-corrected chi connectivity index (χ1v) is 8.32. The first-order chi connectivity index (χ1) is 12.5. The number of aryl methyl sites for hydroxylation is 1. The Labute approximate surface area is 155 Å². The van der Waals surface area contributed by atoms with Crippen molar-refractivity contribution in [3.05, 3.63) is 87.0 Å². The summed E-state index contributed by atoms with van der Waals surface area (Å²) < 4.78 is 20.0. The Bertz CT molecular complexity index is 958. The number of rotatable bonds is 6. The van der Waals surface area contributed by atoms with Crippen LogP contribution in [0.25, 0.3) is 0 Å². The highest BCUT2D eigenvalue weighted by atomic mass is 35.5. The van der Waals surface area contributed by atoms with E-state index in [0.717, 1.165) is 11.1 Å². The summed E-state index contributed by atoms with van der Waals surface area (Å²) in [6.07, 6.45) is 1.51. The average Bonchev–Trinajstić information content (AvgIpc) is 2.65. The van der Waals surface area contributed by atoms with Crippen molar-refractivity contribution in [1.82, 2.24) is 9.78 Å². The van der Waals surface area contributed by atoms with Crippen molar-refractivity contribution >= 4 is 17.3 Å². The van der Waals surface area contributed by atoms with Gasteiger partial charge >= 0.3 is 0 Å². The lowest BCUT2D eigenvalue weighted by Crippen LogP contribution is -2.21. The van der Waals surface area contributed by atoms with Crippen LogP contribution in [0.3, 0.4) is 0 Å². The largest absolute Gasteiger partial charge is 0.489 e. The lowest BCUT2D eigenvalue weighted by atomic mass is 10.2. The quantitative estimate of drug-likeness (QED) is 0.714. The summed E-state index contributed by atoms with van der Waals surface area (Å²) in [5.41, 5.74) is 1.89. The molecule has 0 fully saturated rings. The summed E-state index contributed by atoms with van der Waals surface area (Å²) in [5, 5.41) is 7.14. The fraction of sp³-hybridized carbons (Fsp3) is 0.158. The van der Waals surface area contributed by atoms with Crippen molar-refractivity contribution < 1.29 is 9.13 Å². The molecule has 3 rings (SSSR count). The smallest absolute Gasteiger partial charge is 0.287 e. The fourth-order valence-electron chi connectivity index (χ4n) is 2.33. The van der Waals surface area contributed by atoms with Gasteiger partial charge < -0.3 is 10.1 Å². The molecule has 0 aliphatic heterocycles. The molecule has 0 bridgehead atoms. The van der Waals surface area contributed by atoms with E-state index >= 15 is 0 Å². The summed E-state index contributed by atoms with van der Waals surface area (Å²) in [5.74, 6) is 0.405. The molecule has 0 saturated carbocycles. The van der Waals surface area contributed by atoms with Crippen molar-refractivity contribution in [3.63, 3.8) is 0 Å². The maximum atomic E-state index is 13.1. The predicted octanol–water partition coefficient (Wildman–Crippen LogP) is 3.76. The van der Waals surface area contributed by atoms with Gasteiger partial charge in [0.25, 0.3) is 5.56 Å². The van der Waals surface area contributed by atoms with Crippen molar-refractivity contribution in [2.45, 2.75) is 13.2 Å². The minimum absolute atomic E-state index is 0.109. The Hall–Kier alpha value is -2.86. The van der Waals surface area contributed by atoms with E-state index in [9.17, 15) is 9.18 Å². The van der Waals surface area contributed by atoms with E-state index in [-0.39, 0.29) is 16.4 Å². The summed E-state index contributed by atoms with van der Waals surface area (Å²) in [6, 6.07) is 13.8. The monoisotopic (exact) mass is 373 g/mol. The molecule has 0 saturated heterocycles. The van der Waals surface area contributed by atoms with Crippen LogP contribution in [0.1, 0.15) is 11.1 Å². The standard InChI is InChI=1S/C19H17ClFN3O2/c1-24-19(25)18(20)17(11-23-24)22-10-13-5-7-16(8-6-13)26-12-14-3-2-4-15(21)9-14/h2-9,11,22H,10,12H2,1H3. The van der Waals surface area contributed by atoms with E-state index in [0.29, 0.717) is 24.6 Å². The van der Waals surface area contributed by atoms with Gasteiger partial charge in [0.2, 0.25) is 0 Å². The first kappa shape index (κ1) is 17.9. The third kappa shape index (κ3) is 4.40. The lowest BCUT2D eigenvalue weighted by Gasteiger charge is -2.10. The van der Waals surface area contributed by atoms with Crippen LogP contribution < -0.4 is 15.6 Å². The molecule has 0 atom stereocenters. The number of nitrogens with one attached hydrogen (secondary N) is 1. The van der Waals surface area contributed by atoms with E-state index in [4.69, 9.17) is 16.3 Å². The average molecular weight is 374 g/mol. The van der Waals surface area contributed by atoms with Crippen molar-refractivity contribution in [2.75, 3.05) is 5.32 Å². The Morgan fingerprint density at radius 1 is 1.19 bits per heavy atom. The number of ether oxygens (including phenoxy) is 1. The molecule has 0 unspecified atom stereocenters. The maximum Gasteiger partial charge on any atom is 0.287 e. The topological polar surface area (TPSA) is 56.1 Å². The van der Waals surface area contributed by atoms with Crippen LogP contribution in [0, 0.1) is 5.82 Å². The van der Waals surface area contributed by atoms with Gasteiger partial charge in [0.05, 0.1) is 11.9 Å². The van der Waals surface area contributed by atoms with Crippen LogP contribution >= 0.6 is 11.6 Å². The Balaban J connectivity index is 1.58. The summed E-state index contributed by atoms with van der Waals surface area (Å²) in [6.45, 7) is 0.780. The van der Waals surface area contributed by atoms with Gasteiger partial charge in [-0.25, -0.2) is 9.07 Å². The van der Waals surface area contributed by atoms with Crippen LogP contribution in [0.4, 0.5) is 10.1 Å². The third-order valence-electron chi connectivity index (χ3n) is 3.78. The molecule has 5 nitrogen and oxygen atoms in total. The molecule has 2 aromatic carbocycles. The zero-order valence-corrected chi connectivity index (χ0v) is 14.8.